The average Bonchev–Trinajstić information content (AvgIpc) is 3.00. The van der Waals surface area contributed by atoms with Crippen LogP contribution in [0.25, 0.3) is 11.5 Å². The van der Waals surface area contributed by atoms with Crippen molar-refractivity contribution in [2.45, 2.75) is 50.6 Å². The molecule has 0 unspecified atom stereocenters. The molecule has 4 nitrogen and oxygen atoms in total. The van der Waals surface area contributed by atoms with Gasteiger partial charge in [-0.2, -0.15) is 4.98 Å². The first-order chi connectivity index (χ1) is 12.1. The van der Waals surface area contributed by atoms with Gasteiger partial charge in [-0.3, -0.25) is 0 Å². The number of rotatable bonds is 4. The zero-order valence-electron chi connectivity index (χ0n) is 14.0. The van der Waals surface area contributed by atoms with Crippen LogP contribution in [0.2, 0.25) is 0 Å². The number of nitrogens with zero attached hydrogens (tertiary/aromatic N) is 2. The van der Waals surface area contributed by atoms with Crippen molar-refractivity contribution in [3.63, 3.8) is 0 Å². The third-order valence-corrected chi connectivity index (χ3v) is 6.24. The van der Waals surface area contributed by atoms with Crippen LogP contribution in [0, 0.1) is 29.4 Å². The van der Waals surface area contributed by atoms with Gasteiger partial charge in [-0.05, 0) is 68.4 Å². The highest BCUT2D eigenvalue weighted by Gasteiger charge is 2.50. The number of hydrogen-bond acceptors (Lipinski definition) is 4. The van der Waals surface area contributed by atoms with E-state index in [1.54, 1.807) is 0 Å². The molecule has 0 atom stereocenters. The van der Waals surface area contributed by atoms with Crippen LogP contribution in [0.3, 0.4) is 0 Å². The SMILES string of the molecule is Fc1cc(F)cc(-c2nc(CNC34CC5CC(CC(C5)C3)C4)no2)c1. The molecule has 4 fully saturated rings. The Hall–Kier alpha value is -1.82. The van der Waals surface area contributed by atoms with Crippen LogP contribution in [0.15, 0.2) is 22.7 Å². The van der Waals surface area contributed by atoms with Crippen LogP contribution in [-0.4, -0.2) is 15.7 Å². The summed E-state index contributed by atoms with van der Waals surface area (Å²) >= 11 is 0. The summed E-state index contributed by atoms with van der Waals surface area (Å²) < 4.78 is 31.9. The largest absolute Gasteiger partial charge is 0.334 e. The van der Waals surface area contributed by atoms with Gasteiger partial charge in [0.15, 0.2) is 5.82 Å². The van der Waals surface area contributed by atoms with E-state index in [9.17, 15) is 8.78 Å². The Morgan fingerprint density at radius 1 is 1.00 bits per heavy atom. The summed E-state index contributed by atoms with van der Waals surface area (Å²) in [6, 6.07) is 3.23. The Morgan fingerprint density at radius 3 is 2.20 bits per heavy atom. The fourth-order valence-electron chi connectivity index (χ4n) is 5.71. The van der Waals surface area contributed by atoms with Crippen molar-refractivity contribution < 1.29 is 13.3 Å². The summed E-state index contributed by atoms with van der Waals surface area (Å²) in [5, 5.41) is 7.67. The first kappa shape index (κ1) is 15.4. The summed E-state index contributed by atoms with van der Waals surface area (Å²) in [6.07, 6.45) is 7.95. The van der Waals surface area contributed by atoms with E-state index < -0.39 is 11.6 Å². The molecule has 1 N–H and O–H groups in total. The first-order valence-electron chi connectivity index (χ1n) is 9.11. The lowest BCUT2D eigenvalue weighted by Gasteiger charge is -2.57. The predicted molar refractivity (Wildman–Crippen MR) is 87.4 cm³/mol. The quantitative estimate of drug-likeness (QED) is 0.907. The molecule has 1 aromatic heterocycles. The third-order valence-electron chi connectivity index (χ3n) is 6.24. The number of nitrogens with one attached hydrogen (secondary N) is 1. The lowest BCUT2D eigenvalue weighted by Crippen LogP contribution is -2.58. The van der Waals surface area contributed by atoms with Crippen LogP contribution < -0.4 is 5.32 Å². The van der Waals surface area contributed by atoms with Crippen molar-refractivity contribution in [2.24, 2.45) is 17.8 Å². The van der Waals surface area contributed by atoms with Crippen LogP contribution in [0.4, 0.5) is 8.78 Å². The third kappa shape index (κ3) is 2.86. The summed E-state index contributed by atoms with van der Waals surface area (Å²) in [5.41, 5.74) is 0.492. The molecule has 0 radical (unpaired) electrons. The van der Waals surface area contributed by atoms with Crippen molar-refractivity contribution in [1.29, 1.82) is 0 Å². The van der Waals surface area contributed by atoms with Gasteiger partial charge < -0.3 is 9.84 Å². The molecule has 25 heavy (non-hydrogen) atoms. The Labute approximate surface area is 145 Å². The minimum atomic E-state index is -0.651. The number of hydrogen-bond donors (Lipinski definition) is 1. The van der Waals surface area contributed by atoms with Crippen LogP contribution >= 0.6 is 0 Å². The van der Waals surface area contributed by atoms with Crippen molar-refractivity contribution in [3.05, 3.63) is 35.7 Å². The van der Waals surface area contributed by atoms with E-state index in [1.165, 1.54) is 50.7 Å². The van der Waals surface area contributed by atoms with E-state index in [1.807, 2.05) is 0 Å². The molecule has 4 saturated carbocycles. The molecule has 0 saturated heterocycles. The molecule has 0 spiro atoms. The molecule has 6 rings (SSSR count). The summed E-state index contributed by atoms with van der Waals surface area (Å²) in [4.78, 5) is 4.31. The van der Waals surface area contributed by atoms with Gasteiger partial charge >= 0.3 is 0 Å². The van der Waals surface area contributed by atoms with E-state index in [-0.39, 0.29) is 17.0 Å². The van der Waals surface area contributed by atoms with E-state index in [0.29, 0.717) is 12.4 Å². The Kier molecular flexibility index (Phi) is 3.45. The topological polar surface area (TPSA) is 51.0 Å². The van der Waals surface area contributed by atoms with Gasteiger partial charge in [0.05, 0.1) is 6.54 Å². The number of aromatic nitrogens is 2. The second-order valence-corrected chi connectivity index (χ2v) is 8.23. The molecule has 2 aromatic rings. The number of benzene rings is 1. The molecule has 1 heterocycles. The normalized spacial score (nSPS) is 33.1. The molecule has 4 aliphatic carbocycles. The lowest BCUT2D eigenvalue weighted by atomic mass is 9.53. The molecule has 4 aliphatic rings. The standard InChI is InChI=1S/C19H21F2N3O/c20-15-4-14(5-16(21)6-15)18-23-17(24-25-18)10-22-19-7-11-1-12(8-19)3-13(2-11)9-19/h4-6,11-13,22H,1-3,7-10H2. The van der Waals surface area contributed by atoms with Gasteiger partial charge in [0.1, 0.15) is 11.6 Å². The van der Waals surface area contributed by atoms with E-state index >= 15 is 0 Å². The van der Waals surface area contributed by atoms with Gasteiger partial charge in [0.2, 0.25) is 0 Å². The van der Waals surface area contributed by atoms with Gasteiger partial charge in [-0.15, -0.1) is 0 Å². The van der Waals surface area contributed by atoms with Crippen molar-refractivity contribution in [1.82, 2.24) is 15.5 Å². The molecule has 6 heteroatoms. The van der Waals surface area contributed by atoms with E-state index in [4.69, 9.17) is 4.52 Å². The Balaban J connectivity index is 1.30. The highest BCUT2D eigenvalue weighted by atomic mass is 19.1. The maximum atomic E-state index is 13.3. The number of halogens is 2. The predicted octanol–water partition coefficient (Wildman–Crippen LogP) is 4.07. The summed E-state index contributed by atoms with van der Waals surface area (Å²) in [7, 11) is 0. The monoisotopic (exact) mass is 345 g/mol. The molecular formula is C19H21F2N3O. The first-order valence-corrected chi connectivity index (χ1v) is 9.11. The zero-order chi connectivity index (χ0) is 17.0. The van der Waals surface area contributed by atoms with E-state index in [0.717, 1.165) is 23.8 Å². The van der Waals surface area contributed by atoms with Gasteiger partial charge in [-0.25, -0.2) is 8.78 Å². The zero-order valence-corrected chi connectivity index (χ0v) is 14.0. The van der Waals surface area contributed by atoms with Gasteiger partial charge in [0.25, 0.3) is 5.89 Å². The van der Waals surface area contributed by atoms with Gasteiger partial charge in [-0.1, -0.05) is 5.16 Å². The second kappa shape index (κ2) is 5.59. The molecule has 0 aliphatic heterocycles. The fraction of sp³-hybridized carbons (Fsp3) is 0.579. The summed E-state index contributed by atoms with van der Waals surface area (Å²) in [5.74, 6) is 2.00. The highest BCUT2D eigenvalue weighted by Crippen LogP contribution is 2.55. The molecule has 0 amide bonds. The molecule has 4 bridgehead atoms. The smallest absolute Gasteiger partial charge is 0.258 e. The average molecular weight is 345 g/mol. The van der Waals surface area contributed by atoms with Crippen molar-refractivity contribution in [2.75, 3.05) is 0 Å². The van der Waals surface area contributed by atoms with Crippen molar-refractivity contribution in [3.8, 4) is 11.5 Å². The maximum absolute atomic E-state index is 13.3. The Bertz CT molecular complexity index is 748. The van der Waals surface area contributed by atoms with Crippen LogP contribution in [0.1, 0.15) is 44.3 Å². The van der Waals surface area contributed by atoms with Gasteiger partial charge in [0, 0.05) is 17.2 Å². The minimum absolute atomic E-state index is 0.153. The second-order valence-electron chi connectivity index (χ2n) is 8.23. The summed E-state index contributed by atoms with van der Waals surface area (Å²) in [6.45, 7) is 0.535. The lowest BCUT2D eigenvalue weighted by molar-refractivity contribution is -0.0209. The van der Waals surface area contributed by atoms with Crippen molar-refractivity contribution >= 4 is 0 Å². The Morgan fingerprint density at radius 2 is 1.60 bits per heavy atom. The highest BCUT2D eigenvalue weighted by molar-refractivity contribution is 5.52. The van der Waals surface area contributed by atoms with Crippen LogP contribution in [0.5, 0.6) is 0 Å². The maximum Gasteiger partial charge on any atom is 0.258 e. The minimum Gasteiger partial charge on any atom is -0.334 e. The molecular weight excluding hydrogens is 324 g/mol. The van der Waals surface area contributed by atoms with Crippen LogP contribution in [-0.2, 0) is 6.54 Å². The fourth-order valence-corrected chi connectivity index (χ4v) is 5.71. The van der Waals surface area contributed by atoms with E-state index in [2.05, 4.69) is 15.5 Å². The molecule has 132 valence electrons. The molecule has 1 aromatic carbocycles.